The van der Waals surface area contributed by atoms with Crippen LogP contribution in [0.1, 0.15) is 34.1 Å². The largest absolute Gasteiger partial charge is 0.396 e. The molecule has 3 heteroatoms. The first-order chi connectivity index (χ1) is 7.84. The van der Waals surface area contributed by atoms with Crippen LogP contribution in [-0.4, -0.2) is 34.1 Å². The van der Waals surface area contributed by atoms with Crippen LogP contribution in [0.2, 0.25) is 0 Å². The average molecular weight is 244 g/mol. The third-order valence-electron chi connectivity index (χ3n) is 3.66. The van der Waals surface area contributed by atoms with Gasteiger partial charge in [-0.25, -0.2) is 0 Å². The van der Waals surface area contributed by atoms with Crippen molar-refractivity contribution in [3.8, 4) is 0 Å². The summed E-state index contributed by atoms with van der Waals surface area (Å²) < 4.78 is 0. The van der Waals surface area contributed by atoms with Crippen LogP contribution in [0, 0.1) is 23.7 Å². The van der Waals surface area contributed by atoms with Gasteiger partial charge in [0.15, 0.2) is 0 Å². The van der Waals surface area contributed by atoms with Gasteiger partial charge >= 0.3 is 0 Å². The number of aliphatic hydroxyl groups excluding tert-OH is 3. The highest BCUT2D eigenvalue weighted by Crippen LogP contribution is 2.25. The molecule has 0 bridgehead atoms. The Balaban J connectivity index is 4.37. The Morgan fingerprint density at radius 2 is 1.59 bits per heavy atom. The molecule has 3 nitrogen and oxygen atoms in total. The Hall–Kier alpha value is -0.380. The lowest BCUT2D eigenvalue weighted by Gasteiger charge is -2.31. The maximum Gasteiger partial charge on any atom is 0.0650 e. The molecule has 17 heavy (non-hydrogen) atoms. The minimum absolute atomic E-state index is 0.0258. The standard InChI is InChI=1S/C14H28O3/c1-6-10(3)13(16)12(5)14(17)11(4)7-9(2)8-15/h6,9-17H,1,7-8H2,2-5H3/t9-,10+,11+,12+,13-,14+/m1/s1. The highest BCUT2D eigenvalue weighted by atomic mass is 16.3. The topological polar surface area (TPSA) is 60.7 Å². The second-order valence-corrected chi connectivity index (χ2v) is 5.44. The van der Waals surface area contributed by atoms with Crippen LogP contribution in [0.3, 0.4) is 0 Å². The van der Waals surface area contributed by atoms with Gasteiger partial charge in [-0.3, -0.25) is 0 Å². The highest BCUT2D eigenvalue weighted by molar-refractivity contribution is 4.87. The van der Waals surface area contributed by atoms with Gasteiger partial charge in [0.25, 0.3) is 0 Å². The Morgan fingerprint density at radius 3 is 2.00 bits per heavy atom. The van der Waals surface area contributed by atoms with Crippen LogP contribution in [0.15, 0.2) is 12.7 Å². The lowest BCUT2D eigenvalue weighted by molar-refractivity contribution is -0.0257. The third kappa shape index (κ3) is 5.19. The maximum absolute atomic E-state index is 10.2. The fourth-order valence-electron chi connectivity index (χ4n) is 2.19. The first kappa shape index (κ1) is 16.6. The van der Waals surface area contributed by atoms with E-state index >= 15 is 0 Å². The summed E-state index contributed by atoms with van der Waals surface area (Å²) in [6.07, 6.45) is 1.34. The summed E-state index contributed by atoms with van der Waals surface area (Å²) in [6, 6.07) is 0. The van der Waals surface area contributed by atoms with Gasteiger partial charge < -0.3 is 15.3 Å². The molecule has 0 aliphatic carbocycles. The van der Waals surface area contributed by atoms with Crippen molar-refractivity contribution >= 4 is 0 Å². The SMILES string of the molecule is C=C[C@H](C)[C@@H](O)[C@H](C)[C@@H](O)[C@@H](C)C[C@@H](C)CO. The molecule has 0 saturated carbocycles. The zero-order valence-corrected chi connectivity index (χ0v) is 11.5. The van der Waals surface area contributed by atoms with E-state index < -0.39 is 12.2 Å². The van der Waals surface area contributed by atoms with Gasteiger partial charge in [-0.2, -0.15) is 0 Å². The minimum Gasteiger partial charge on any atom is -0.396 e. The average Bonchev–Trinajstić information content (AvgIpc) is 2.34. The lowest BCUT2D eigenvalue weighted by atomic mass is 9.81. The molecule has 0 aromatic carbocycles. The van der Waals surface area contributed by atoms with Crippen LogP contribution in [0.4, 0.5) is 0 Å². The molecule has 102 valence electrons. The van der Waals surface area contributed by atoms with E-state index in [1.807, 2.05) is 27.7 Å². The van der Waals surface area contributed by atoms with Crippen molar-refractivity contribution in [2.24, 2.45) is 23.7 Å². The van der Waals surface area contributed by atoms with E-state index in [9.17, 15) is 10.2 Å². The molecule has 0 aromatic rings. The summed E-state index contributed by atoms with van der Waals surface area (Å²) in [7, 11) is 0. The highest BCUT2D eigenvalue weighted by Gasteiger charge is 2.29. The van der Waals surface area contributed by atoms with E-state index in [0.29, 0.717) is 0 Å². The molecule has 0 heterocycles. The monoisotopic (exact) mass is 244 g/mol. The maximum atomic E-state index is 10.2. The summed E-state index contributed by atoms with van der Waals surface area (Å²) in [5.74, 6) is 0.0330. The van der Waals surface area contributed by atoms with Crippen LogP contribution in [0.5, 0.6) is 0 Å². The smallest absolute Gasteiger partial charge is 0.0650 e. The summed E-state index contributed by atoms with van der Waals surface area (Å²) in [4.78, 5) is 0. The van der Waals surface area contributed by atoms with Gasteiger partial charge in [0.1, 0.15) is 0 Å². The fourth-order valence-corrected chi connectivity index (χ4v) is 2.19. The minimum atomic E-state index is -0.575. The molecule has 0 spiro atoms. The van der Waals surface area contributed by atoms with Gasteiger partial charge in [0, 0.05) is 18.4 Å². The molecular weight excluding hydrogens is 216 g/mol. The van der Waals surface area contributed by atoms with Gasteiger partial charge in [-0.15, -0.1) is 6.58 Å². The summed E-state index contributed by atoms with van der Waals surface area (Å²) in [6.45, 7) is 11.5. The fraction of sp³-hybridized carbons (Fsp3) is 0.857. The number of hydrogen-bond donors (Lipinski definition) is 3. The Labute approximate surface area is 105 Å². The normalized spacial score (nSPS) is 22.3. The molecule has 3 N–H and O–H groups in total. The first-order valence-electron chi connectivity index (χ1n) is 6.44. The van der Waals surface area contributed by atoms with E-state index in [-0.39, 0.29) is 30.3 Å². The Morgan fingerprint density at radius 1 is 1.06 bits per heavy atom. The number of hydrogen-bond acceptors (Lipinski definition) is 3. The van der Waals surface area contributed by atoms with E-state index in [2.05, 4.69) is 6.58 Å². The molecule has 0 rings (SSSR count). The van der Waals surface area contributed by atoms with Crippen molar-refractivity contribution in [3.05, 3.63) is 12.7 Å². The summed E-state index contributed by atoms with van der Waals surface area (Å²) in [5.41, 5.74) is 0. The van der Waals surface area contributed by atoms with Gasteiger partial charge in [0.05, 0.1) is 12.2 Å². The molecule has 0 aliphatic rings. The third-order valence-corrected chi connectivity index (χ3v) is 3.66. The van der Waals surface area contributed by atoms with Crippen LogP contribution in [0.25, 0.3) is 0 Å². The van der Waals surface area contributed by atoms with Gasteiger partial charge in [-0.1, -0.05) is 33.8 Å². The molecule has 0 aliphatic heterocycles. The van der Waals surface area contributed by atoms with Crippen molar-refractivity contribution in [1.82, 2.24) is 0 Å². The second kappa shape index (κ2) is 7.85. The van der Waals surface area contributed by atoms with Gasteiger partial charge in [0.2, 0.25) is 0 Å². The van der Waals surface area contributed by atoms with E-state index in [0.717, 1.165) is 6.42 Å². The molecule has 0 saturated heterocycles. The van der Waals surface area contributed by atoms with E-state index in [1.54, 1.807) is 6.08 Å². The van der Waals surface area contributed by atoms with Crippen LogP contribution < -0.4 is 0 Å². The molecular formula is C14H28O3. The van der Waals surface area contributed by atoms with Crippen LogP contribution >= 0.6 is 0 Å². The predicted molar refractivity (Wildman–Crippen MR) is 70.6 cm³/mol. The zero-order chi connectivity index (χ0) is 13.6. The predicted octanol–water partition coefficient (Wildman–Crippen LogP) is 1.82. The molecule has 6 atom stereocenters. The second-order valence-electron chi connectivity index (χ2n) is 5.44. The van der Waals surface area contributed by atoms with Crippen molar-refractivity contribution < 1.29 is 15.3 Å². The van der Waals surface area contributed by atoms with E-state index in [4.69, 9.17) is 5.11 Å². The Bertz CT molecular complexity index is 218. The van der Waals surface area contributed by atoms with E-state index in [1.165, 1.54) is 0 Å². The zero-order valence-electron chi connectivity index (χ0n) is 11.5. The van der Waals surface area contributed by atoms with Crippen molar-refractivity contribution in [3.63, 3.8) is 0 Å². The summed E-state index contributed by atoms with van der Waals surface area (Å²) in [5, 5.41) is 29.2. The van der Waals surface area contributed by atoms with Crippen LogP contribution in [-0.2, 0) is 0 Å². The first-order valence-corrected chi connectivity index (χ1v) is 6.44. The number of rotatable bonds is 8. The molecule has 0 fully saturated rings. The number of aliphatic hydroxyl groups is 3. The van der Waals surface area contributed by atoms with Crippen molar-refractivity contribution in [1.29, 1.82) is 0 Å². The molecule has 0 aromatic heterocycles. The molecule has 0 unspecified atom stereocenters. The van der Waals surface area contributed by atoms with Crippen molar-refractivity contribution in [2.45, 2.75) is 46.3 Å². The lowest BCUT2D eigenvalue weighted by Crippen LogP contribution is -2.37. The molecule has 0 radical (unpaired) electrons. The quantitative estimate of drug-likeness (QED) is 0.571. The Kier molecular flexibility index (Phi) is 7.68. The van der Waals surface area contributed by atoms with Crippen molar-refractivity contribution in [2.75, 3.05) is 6.61 Å². The molecule has 0 amide bonds. The van der Waals surface area contributed by atoms with Gasteiger partial charge in [-0.05, 0) is 18.3 Å². The summed E-state index contributed by atoms with van der Waals surface area (Å²) >= 11 is 0.